The number of rotatable bonds is 3. The van der Waals surface area contributed by atoms with E-state index < -0.39 is 0 Å². The molecule has 3 aromatic carbocycles. The van der Waals surface area contributed by atoms with Crippen LogP contribution in [0.15, 0.2) is 60.7 Å². The van der Waals surface area contributed by atoms with E-state index in [9.17, 15) is 9.90 Å². The number of fused-ring (bicyclic) bond motifs is 1. The molecule has 0 atom stereocenters. The highest BCUT2D eigenvalue weighted by Gasteiger charge is 2.27. The van der Waals surface area contributed by atoms with Gasteiger partial charge in [0.05, 0.1) is 0 Å². The van der Waals surface area contributed by atoms with Crippen LogP contribution in [-0.2, 0) is 13.0 Å². The van der Waals surface area contributed by atoms with E-state index in [1.165, 1.54) is 22.4 Å². The molecule has 184 valence electrons. The average molecular weight is 472 g/mol. The molecule has 2 heterocycles. The molecule has 5 rings (SSSR count). The number of piperazine rings is 1. The first-order chi connectivity index (χ1) is 17.0. The molecule has 0 unspecified atom stereocenters. The van der Waals surface area contributed by atoms with Gasteiger partial charge in [-0.3, -0.25) is 4.79 Å². The second kappa shape index (κ2) is 11.0. The van der Waals surface area contributed by atoms with E-state index in [2.05, 4.69) is 35.9 Å². The third kappa shape index (κ3) is 5.35. The van der Waals surface area contributed by atoms with Gasteiger partial charge in [0.1, 0.15) is 5.75 Å². The van der Waals surface area contributed by atoms with Crippen LogP contribution in [0.2, 0.25) is 0 Å². The fraction of sp³-hybridized carbons (Fsp3) is 0.367. The molecule has 0 radical (unpaired) electrons. The van der Waals surface area contributed by atoms with Gasteiger partial charge < -0.3 is 19.8 Å². The topological polar surface area (TPSA) is 47.0 Å². The number of carbonyl (C=O) groups excluding carboxylic acids is 1. The molecule has 1 N–H and O–H groups in total. The fourth-order valence-corrected chi connectivity index (χ4v) is 5.00. The van der Waals surface area contributed by atoms with Gasteiger partial charge in [-0.2, -0.15) is 0 Å². The summed E-state index contributed by atoms with van der Waals surface area (Å²) in [5.74, 6) is 0.339. The molecule has 1 fully saturated rings. The summed E-state index contributed by atoms with van der Waals surface area (Å²) in [6.07, 6.45) is 0.903. The zero-order valence-corrected chi connectivity index (χ0v) is 21.4. The minimum absolute atomic E-state index is 0.0868. The molecule has 35 heavy (non-hydrogen) atoms. The largest absolute Gasteiger partial charge is 0.508 e. The second-order valence-electron chi connectivity index (χ2n) is 9.25. The lowest BCUT2D eigenvalue weighted by Gasteiger charge is -2.38. The van der Waals surface area contributed by atoms with Crippen LogP contribution >= 0.6 is 0 Å². The molecule has 1 saturated heterocycles. The molecule has 0 aliphatic carbocycles. The third-order valence-corrected chi connectivity index (χ3v) is 7.09. The van der Waals surface area contributed by atoms with Crippen LogP contribution in [-0.4, -0.2) is 60.6 Å². The number of aryl methyl sites for hydroxylation is 1. The van der Waals surface area contributed by atoms with Crippen molar-refractivity contribution in [3.8, 4) is 16.9 Å². The lowest BCUT2D eigenvalue weighted by molar-refractivity contribution is 0.0734. The van der Waals surface area contributed by atoms with E-state index in [0.717, 1.165) is 55.8 Å². The summed E-state index contributed by atoms with van der Waals surface area (Å²) in [6, 6.07) is 19.4. The van der Waals surface area contributed by atoms with Gasteiger partial charge in [0, 0.05) is 50.5 Å². The van der Waals surface area contributed by atoms with Crippen molar-refractivity contribution >= 4 is 11.6 Å². The number of benzene rings is 3. The van der Waals surface area contributed by atoms with Crippen LogP contribution in [0, 0.1) is 6.92 Å². The van der Waals surface area contributed by atoms with Crippen molar-refractivity contribution in [1.82, 2.24) is 9.80 Å². The van der Waals surface area contributed by atoms with E-state index in [1.807, 2.05) is 55.1 Å². The van der Waals surface area contributed by atoms with Crippen molar-refractivity contribution in [3.05, 3.63) is 82.9 Å². The lowest BCUT2D eigenvalue weighted by atomic mass is 9.92. The molecule has 2 aliphatic rings. The first-order valence-corrected chi connectivity index (χ1v) is 12.7. The van der Waals surface area contributed by atoms with Gasteiger partial charge in [-0.15, -0.1) is 0 Å². The monoisotopic (exact) mass is 471 g/mol. The lowest BCUT2D eigenvalue weighted by Crippen LogP contribution is -2.45. The van der Waals surface area contributed by atoms with Crippen LogP contribution in [0.5, 0.6) is 5.75 Å². The van der Waals surface area contributed by atoms with Gasteiger partial charge in [0.25, 0.3) is 5.91 Å². The molecule has 0 spiro atoms. The van der Waals surface area contributed by atoms with Crippen molar-refractivity contribution in [2.45, 2.75) is 33.7 Å². The Labute approximate surface area is 209 Å². The Hall–Kier alpha value is -3.31. The summed E-state index contributed by atoms with van der Waals surface area (Å²) in [6.45, 7) is 11.8. The average Bonchev–Trinajstić information content (AvgIpc) is 2.91. The van der Waals surface area contributed by atoms with Crippen LogP contribution in [0.25, 0.3) is 11.1 Å². The minimum Gasteiger partial charge on any atom is -0.508 e. The second-order valence-corrected chi connectivity index (χ2v) is 9.25. The Morgan fingerprint density at radius 1 is 0.771 bits per heavy atom. The molecule has 1 amide bonds. The van der Waals surface area contributed by atoms with E-state index in [1.54, 1.807) is 12.1 Å². The van der Waals surface area contributed by atoms with Gasteiger partial charge in [0.2, 0.25) is 0 Å². The number of likely N-dealkylation sites (N-methyl/N-ethyl adjacent to an activating group) is 1. The Bertz CT molecular complexity index is 1150. The predicted molar refractivity (Wildman–Crippen MR) is 144 cm³/mol. The van der Waals surface area contributed by atoms with Crippen molar-refractivity contribution in [3.63, 3.8) is 0 Å². The number of carbonyl (C=O) groups is 1. The number of phenols is 1. The number of aromatic hydroxyl groups is 1. The number of anilines is 1. The maximum Gasteiger partial charge on any atom is 0.254 e. The standard InChI is InChI=1S/C28H31N3O2.C2H6/c1-20-3-12-27(30-17-15-29(2)16-18-30)26-19-31(14-13-25(20)26)28(33)23-6-4-21(5-7-23)22-8-10-24(32)11-9-22;1-2/h3-12,32H,13-19H2,1-2H3;1-2H3. The van der Waals surface area contributed by atoms with Crippen molar-refractivity contribution < 1.29 is 9.90 Å². The Balaban J connectivity index is 0.00000141. The van der Waals surface area contributed by atoms with Gasteiger partial charge in [0.15, 0.2) is 0 Å². The summed E-state index contributed by atoms with van der Waals surface area (Å²) in [7, 11) is 2.18. The number of hydrogen-bond donors (Lipinski definition) is 1. The fourth-order valence-electron chi connectivity index (χ4n) is 5.00. The van der Waals surface area contributed by atoms with Crippen molar-refractivity contribution in [2.24, 2.45) is 0 Å². The molecule has 5 heteroatoms. The maximum atomic E-state index is 13.4. The number of phenolic OH excluding ortho intramolecular Hbond substituents is 1. The predicted octanol–water partition coefficient (Wildman–Crippen LogP) is 5.34. The van der Waals surface area contributed by atoms with Gasteiger partial charge >= 0.3 is 0 Å². The maximum absolute atomic E-state index is 13.4. The summed E-state index contributed by atoms with van der Waals surface area (Å²) < 4.78 is 0. The van der Waals surface area contributed by atoms with E-state index >= 15 is 0 Å². The summed E-state index contributed by atoms with van der Waals surface area (Å²) in [5.41, 5.74) is 8.12. The Morgan fingerprint density at radius 3 is 2.00 bits per heavy atom. The number of amides is 1. The normalized spacial score (nSPS) is 15.8. The Kier molecular flexibility index (Phi) is 7.76. The molecular weight excluding hydrogens is 434 g/mol. The smallest absolute Gasteiger partial charge is 0.254 e. The zero-order chi connectivity index (χ0) is 24.9. The van der Waals surface area contributed by atoms with Crippen molar-refractivity contribution in [2.75, 3.05) is 44.7 Å². The van der Waals surface area contributed by atoms with Gasteiger partial charge in [-0.1, -0.05) is 44.2 Å². The van der Waals surface area contributed by atoms with Gasteiger partial charge in [-0.05, 0) is 78.5 Å². The molecule has 3 aromatic rings. The molecule has 2 aliphatic heterocycles. The molecule has 5 nitrogen and oxygen atoms in total. The highest BCUT2D eigenvalue weighted by molar-refractivity contribution is 5.95. The highest BCUT2D eigenvalue weighted by atomic mass is 16.3. The van der Waals surface area contributed by atoms with E-state index in [0.29, 0.717) is 6.54 Å². The number of nitrogens with zero attached hydrogens (tertiary/aromatic N) is 3. The summed E-state index contributed by atoms with van der Waals surface area (Å²) >= 11 is 0. The van der Waals surface area contributed by atoms with Crippen LogP contribution < -0.4 is 4.90 Å². The minimum atomic E-state index is 0.0868. The molecule has 0 saturated carbocycles. The number of hydrogen-bond acceptors (Lipinski definition) is 4. The van der Waals surface area contributed by atoms with E-state index in [-0.39, 0.29) is 11.7 Å². The Morgan fingerprint density at radius 2 is 1.37 bits per heavy atom. The zero-order valence-electron chi connectivity index (χ0n) is 21.4. The van der Waals surface area contributed by atoms with Gasteiger partial charge in [-0.25, -0.2) is 0 Å². The quantitative estimate of drug-likeness (QED) is 0.560. The van der Waals surface area contributed by atoms with Crippen LogP contribution in [0.1, 0.15) is 40.9 Å². The first kappa shape index (κ1) is 24.8. The SMILES string of the molecule is CC.Cc1ccc(N2CCN(C)CC2)c2c1CCN(C(=O)c1ccc(-c3ccc(O)cc3)cc1)C2. The van der Waals surface area contributed by atoms with Crippen LogP contribution in [0.3, 0.4) is 0 Å². The summed E-state index contributed by atoms with van der Waals surface area (Å²) in [5, 5.41) is 9.51. The molecule has 0 bridgehead atoms. The molecule has 0 aromatic heterocycles. The summed E-state index contributed by atoms with van der Waals surface area (Å²) in [4.78, 5) is 20.2. The van der Waals surface area contributed by atoms with E-state index in [4.69, 9.17) is 0 Å². The van der Waals surface area contributed by atoms with Crippen LogP contribution in [0.4, 0.5) is 5.69 Å². The molecular formula is C30H37N3O2. The highest BCUT2D eigenvalue weighted by Crippen LogP contribution is 2.33. The first-order valence-electron chi connectivity index (χ1n) is 12.7. The van der Waals surface area contributed by atoms with Crippen molar-refractivity contribution in [1.29, 1.82) is 0 Å². The third-order valence-electron chi connectivity index (χ3n) is 7.09.